The molecule has 1 aliphatic carbocycles. The van der Waals surface area contributed by atoms with Crippen molar-refractivity contribution in [2.45, 2.75) is 52.1 Å². The van der Waals surface area contributed by atoms with Crippen molar-refractivity contribution in [1.29, 1.82) is 0 Å². The summed E-state index contributed by atoms with van der Waals surface area (Å²) >= 11 is 0. The summed E-state index contributed by atoms with van der Waals surface area (Å²) in [4.78, 5) is 12.8. The van der Waals surface area contributed by atoms with Crippen LogP contribution in [0.2, 0.25) is 0 Å². The highest BCUT2D eigenvalue weighted by Gasteiger charge is 2.38. The maximum Gasteiger partial charge on any atom is 0.401 e. The Morgan fingerprint density at radius 1 is 1.32 bits per heavy atom. The maximum absolute atomic E-state index is 12.5. The van der Waals surface area contributed by atoms with Crippen LogP contribution in [0.3, 0.4) is 0 Å². The first-order valence-corrected chi connectivity index (χ1v) is 7.06. The molecule has 0 aliphatic heterocycles. The van der Waals surface area contributed by atoms with Gasteiger partial charge in [-0.05, 0) is 44.6 Å². The van der Waals surface area contributed by atoms with Crippen LogP contribution in [0.1, 0.15) is 46.0 Å². The Balaban J connectivity index is 2.67. The highest BCUT2D eigenvalue weighted by Crippen LogP contribution is 2.38. The van der Waals surface area contributed by atoms with Gasteiger partial charge in [0.1, 0.15) is 6.29 Å². The van der Waals surface area contributed by atoms with E-state index in [0.29, 0.717) is 18.9 Å². The quantitative estimate of drug-likeness (QED) is 0.692. The molecule has 1 fully saturated rings. The zero-order chi connectivity index (χ0) is 14.5. The zero-order valence-electron chi connectivity index (χ0n) is 11.8. The van der Waals surface area contributed by atoms with Crippen LogP contribution in [0.15, 0.2) is 0 Å². The number of alkyl halides is 3. The largest absolute Gasteiger partial charge is 0.401 e. The minimum Gasteiger partial charge on any atom is -0.303 e. The molecule has 19 heavy (non-hydrogen) atoms. The van der Waals surface area contributed by atoms with Crippen LogP contribution in [0.25, 0.3) is 0 Å². The first-order valence-electron chi connectivity index (χ1n) is 7.06. The van der Waals surface area contributed by atoms with Crippen molar-refractivity contribution in [2.75, 3.05) is 19.6 Å². The van der Waals surface area contributed by atoms with E-state index in [9.17, 15) is 18.0 Å². The van der Waals surface area contributed by atoms with Gasteiger partial charge >= 0.3 is 6.18 Å². The molecule has 112 valence electrons. The summed E-state index contributed by atoms with van der Waals surface area (Å²) in [5.41, 5.74) is -0.563. The molecule has 0 saturated heterocycles. The second-order valence-electron chi connectivity index (χ2n) is 5.99. The van der Waals surface area contributed by atoms with Gasteiger partial charge in [0, 0.05) is 12.0 Å². The van der Waals surface area contributed by atoms with E-state index < -0.39 is 18.1 Å². The van der Waals surface area contributed by atoms with Gasteiger partial charge in [0.2, 0.25) is 0 Å². The molecule has 0 N–H and O–H groups in total. The highest BCUT2D eigenvalue weighted by atomic mass is 19.4. The second kappa shape index (κ2) is 6.73. The van der Waals surface area contributed by atoms with Gasteiger partial charge < -0.3 is 4.79 Å². The molecule has 0 aromatic rings. The number of nitrogens with zero attached hydrogens (tertiary/aromatic N) is 1. The number of hydrogen-bond acceptors (Lipinski definition) is 2. The van der Waals surface area contributed by atoms with Crippen molar-refractivity contribution >= 4 is 6.29 Å². The Kier molecular flexibility index (Phi) is 5.83. The van der Waals surface area contributed by atoms with E-state index in [0.717, 1.165) is 32.0 Å². The van der Waals surface area contributed by atoms with Crippen molar-refractivity contribution in [3.8, 4) is 0 Å². The minimum absolute atomic E-state index is 0.247. The summed E-state index contributed by atoms with van der Waals surface area (Å²) in [6, 6.07) is 0. The molecular formula is C14H24F3NO. The van der Waals surface area contributed by atoms with Crippen molar-refractivity contribution in [3.05, 3.63) is 0 Å². The SMILES string of the molecule is CCCN(CC(F)(F)F)CC1(C=O)CCC(C)CC1. The number of halogens is 3. The van der Waals surface area contributed by atoms with E-state index in [1.54, 1.807) is 0 Å². The van der Waals surface area contributed by atoms with Gasteiger partial charge in [-0.3, -0.25) is 4.90 Å². The van der Waals surface area contributed by atoms with Crippen molar-refractivity contribution in [3.63, 3.8) is 0 Å². The number of rotatable bonds is 6. The van der Waals surface area contributed by atoms with E-state index in [1.807, 2.05) is 6.92 Å². The normalized spacial score (nSPS) is 28.6. The van der Waals surface area contributed by atoms with Gasteiger partial charge in [-0.2, -0.15) is 13.2 Å². The van der Waals surface area contributed by atoms with Crippen molar-refractivity contribution < 1.29 is 18.0 Å². The molecule has 0 heterocycles. The molecule has 1 saturated carbocycles. The molecule has 0 amide bonds. The van der Waals surface area contributed by atoms with Crippen LogP contribution in [0.5, 0.6) is 0 Å². The molecular weight excluding hydrogens is 255 g/mol. The van der Waals surface area contributed by atoms with E-state index in [1.165, 1.54) is 4.90 Å². The van der Waals surface area contributed by atoms with Crippen LogP contribution in [0.4, 0.5) is 13.2 Å². The van der Waals surface area contributed by atoms with Crippen LogP contribution in [-0.2, 0) is 4.79 Å². The molecule has 2 nitrogen and oxygen atoms in total. The number of carbonyl (C=O) groups is 1. The average Bonchev–Trinajstić information content (AvgIpc) is 2.31. The van der Waals surface area contributed by atoms with E-state index >= 15 is 0 Å². The molecule has 1 rings (SSSR count). The van der Waals surface area contributed by atoms with Crippen molar-refractivity contribution in [1.82, 2.24) is 4.90 Å². The summed E-state index contributed by atoms with van der Waals surface area (Å²) in [6.07, 6.45) is 0.682. The lowest BCUT2D eigenvalue weighted by Gasteiger charge is -2.39. The molecule has 0 aromatic carbocycles. The molecule has 1 aliphatic rings. The summed E-state index contributed by atoms with van der Waals surface area (Å²) < 4.78 is 37.6. The lowest BCUT2D eigenvalue weighted by molar-refractivity contribution is -0.151. The number of aldehydes is 1. The fourth-order valence-corrected chi connectivity index (χ4v) is 2.88. The van der Waals surface area contributed by atoms with E-state index in [2.05, 4.69) is 6.92 Å². The minimum atomic E-state index is -4.19. The number of hydrogen-bond donors (Lipinski definition) is 0. The van der Waals surface area contributed by atoms with Crippen LogP contribution in [-0.4, -0.2) is 37.0 Å². The molecule has 0 atom stereocenters. The van der Waals surface area contributed by atoms with Crippen LogP contribution >= 0.6 is 0 Å². The Bertz CT molecular complexity index is 283. The smallest absolute Gasteiger partial charge is 0.303 e. The molecule has 0 unspecified atom stereocenters. The van der Waals surface area contributed by atoms with Crippen molar-refractivity contribution in [2.24, 2.45) is 11.3 Å². The zero-order valence-corrected chi connectivity index (χ0v) is 11.8. The molecule has 0 aromatic heterocycles. The highest BCUT2D eigenvalue weighted by molar-refractivity contribution is 5.60. The lowest BCUT2D eigenvalue weighted by atomic mass is 9.71. The summed E-state index contributed by atoms with van der Waals surface area (Å²) in [5.74, 6) is 0.579. The fourth-order valence-electron chi connectivity index (χ4n) is 2.88. The van der Waals surface area contributed by atoms with Crippen LogP contribution < -0.4 is 0 Å². The fraction of sp³-hybridized carbons (Fsp3) is 0.929. The standard InChI is InChI=1S/C14H24F3NO/c1-3-8-18(10-14(15,16)17)9-13(11-19)6-4-12(2)5-7-13/h11-12H,3-10H2,1-2H3. The third-order valence-electron chi connectivity index (χ3n) is 4.00. The predicted molar refractivity (Wildman–Crippen MR) is 68.9 cm³/mol. The summed E-state index contributed by atoms with van der Waals surface area (Å²) in [6.45, 7) is 3.72. The Labute approximate surface area is 113 Å². The molecule has 0 radical (unpaired) electrons. The molecule has 0 bridgehead atoms. The Hall–Kier alpha value is -0.580. The maximum atomic E-state index is 12.5. The van der Waals surface area contributed by atoms with Gasteiger partial charge in [0.05, 0.1) is 6.54 Å². The summed E-state index contributed by atoms with van der Waals surface area (Å²) in [7, 11) is 0. The monoisotopic (exact) mass is 279 g/mol. The topological polar surface area (TPSA) is 20.3 Å². The Morgan fingerprint density at radius 3 is 2.32 bits per heavy atom. The van der Waals surface area contributed by atoms with Gasteiger partial charge in [0.15, 0.2) is 0 Å². The predicted octanol–water partition coefficient (Wildman–Crippen LogP) is 3.66. The average molecular weight is 279 g/mol. The van der Waals surface area contributed by atoms with Gasteiger partial charge in [-0.25, -0.2) is 0 Å². The molecule has 0 spiro atoms. The second-order valence-corrected chi connectivity index (χ2v) is 5.99. The Morgan fingerprint density at radius 2 is 1.89 bits per heavy atom. The third kappa shape index (κ3) is 5.51. The third-order valence-corrected chi connectivity index (χ3v) is 4.00. The van der Waals surface area contributed by atoms with Gasteiger partial charge in [0.25, 0.3) is 0 Å². The molecule has 5 heteroatoms. The first kappa shape index (κ1) is 16.5. The van der Waals surface area contributed by atoms with E-state index in [-0.39, 0.29) is 6.54 Å². The van der Waals surface area contributed by atoms with Gasteiger partial charge in [-0.1, -0.05) is 13.8 Å². The van der Waals surface area contributed by atoms with Crippen LogP contribution in [0, 0.1) is 11.3 Å². The first-order chi connectivity index (χ1) is 8.80. The van der Waals surface area contributed by atoms with E-state index in [4.69, 9.17) is 0 Å². The lowest BCUT2D eigenvalue weighted by Crippen LogP contribution is -2.45. The number of carbonyl (C=O) groups excluding carboxylic acids is 1. The van der Waals surface area contributed by atoms with Gasteiger partial charge in [-0.15, -0.1) is 0 Å². The summed E-state index contributed by atoms with van der Waals surface area (Å²) in [5, 5.41) is 0.